The van der Waals surface area contributed by atoms with Gasteiger partial charge in [-0.3, -0.25) is 4.79 Å². The molecule has 3 heteroatoms. The van der Waals surface area contributed by atoms with Crippen LogP contribution in [-0.2, 0) is 6.61 Å². The summed E-state index contributed by atoms with van der Waals surface area (Å²) in [6.45, 7) is 4.77. The molecule has 3 nitrogen and oxygen atoms in total. The quantitative estimate of drug-likeness (QED) is 0.745. The van der Waals surface area contributed by atoms with Crippen LogP contribution in [0.25, 0.3) is 0 Å². The molecule has 0 aliphatic carbocycles. The van der Waals surface area contributed by atoms with Gasteiger partial charge in [0, 0.05) is 0 Å². The average Bonchev–Trinajstić information content (AvgIpc) is 2.53. The normalized spacial score (nSPS) is 10.5. The lowest BCUT2D eigenvalue weighted by atomic mass is 10.0. The molecule has 0 heterocycles. The average molecular weight is 284 g/mol. The second-order valence-corrected chi connectivity index (χ2v) is 5.21. The highest BCUT2D eigenvalue weighted by Crippen LogP contribution is 2.24. The molecule has 0 amide bonds. The Morgan fingerprint density at radius 1 is 1.10 bits per heavy atom. The zero-order valence-electron chi connectivity index (χ0n) is 12.6. The number of aldehydes is 1. The van der Waals surface area contributed by atoms with Crippen LogP contribution >= 0.6 is 0 Å². The fourth-order valence-corrected chi connectivity index (χ4v) is 2.04. The number of hydrogen-bond donors (Lipinski definition) is 0. The van der Waals surface area contributed by atoms with E-state index in [2.05, 4.69) is 38.1 Å². The van der Waals surface area contributed by atoms with Crippen molar-refractivity contribution in [1.82, 2.24) is 0 Å². The molecule has 0 aromatic heterocycles. The van der Waals surface area contributed by atoms with Gasteiger partial charge < -0.3 is 9.47 Å². The standard InChI is InChI=1S/C18H20O3/c1-13(2)15-6-4-14(5-7-15)12-21-18-9-8-17(20-3)10-16(18)11-19/h4-11,13H,12H2,1-3H3. The van der Waals surface area contributed by atoms with Crippen LogP contribution < -0.4 is 9.47 Å². The van der Waals surface area contributed by atoms with Crippen molar-refractivity contribution in [3.05, 3.63) is 59.2 Å². The predicted octanol–water partition coefficient (Wildman–Crippen LogP) is 4.21. The minimum atomic E-state index is 0.436. The van der Waals surface area contributed by atoms with Crippen LogP contribution in [0.1, 0.15) is 41.3 Å². The molecule has 0 bridgehead atoms. The first-order valence-electron chi connectivity index (χ1n) is 6.99. The van der Waals surface area contributed by atoms with E-state index in [0.717, 1.165) is 11.8 Å². The fourth-order valence-electron chi connectivity index (χ4n) is 2.04. The monoisotopic (exact) mass is 284 g/mol. The first-order valence-corrected chi connectivity index (χ1v) is 6.99. The van der Waals surface area contributed by atoms with Gasteiger partial charge in [-0.1, -0.05) is 38.1 Å². The molecule has 2 aromatic carbocycles. The molecule has 21 heavy (non-hydrogen) atoms. The molecule has 110 valence electrons. The maximum Gasteiger partial charge on any atom is 0.153 e. The van der Waals surface area contributed by atoms with Crippen molar-refractivity contribution in [2.24, 2.45) is 0 Å². The largest absolute Gasteiger partial charge is 0.497 e. The third kappa shape index (κ3) is 3.85. The predicted molar refractivity (Wildman–Crippen MR) is 83.2 cm³/mol. The number of carbonyl (C=O) groups excluding carboxylic acids is 1. The van der Waals surface area contributed by atoms with Crippen LogP contribution in [-0.4, -0.2) is 13.4 Å². The number of hydrogen-bond acceptors (Lipinski definition) is 3. The van der Waals surface area contributed by atoms with Gasteiger partial charge in [-0.15, -0.1) is 0 Å². The zero-order chi connectivity index (χ0) is 15.2. The van der Waals surface area contributed by atoms with Crippen LogP contribution in [0.15, 0.2) is 42.5 Å². The van der Waals surface area contributed by atoms with Gasteiger partial charge in [0.1, 0.15) is 18.1 Å². The molecule has 0 saturated carbocycles. The molecule has 0 N–H and O–H groups in total. The lowest BCUT2D eigenvalue weighted by molar-refractivity contribution is 0.111. The second kappa shape index (κ2) is 6.93. The lowest BCUT2D eigenvalue weighted by Crippen LogP contribution is -1.99. The van der Waals surface area contributed by atoms with Crippen molar-refractivity contribution in [3.8, 4) is 11.5 Å². The molecule has 0 radical (unpaired) electrons. The smallest absolute Gasteiger partial charge is 0.153 e. The SMILES string of the molecule is COc1ccc(OCc2ccc(C(C)C)cc2)c(C=O)c1. The summed E-state index contributed by atoms with van der Waals surface area (Å²) in [4.78, 5) is 11.1. The van der Waals surface area contributed by atoms with Crippen molar-refractivity contribution in [2.75, 3.05) is 7.11 Å². The molecular formula is C18H20O3. The van der Waals surface area contributed by atoms with Crippen LogP contribution in [0.4, 0.5) is 0 Å². The Hall–Kier alpha value is -2.29. The Balaban J connectivity index is 2.07. The second-order valence-electron chi connectivity index (χ2n) is 5.21. The summed E-state index contributed by atoms with van der Waals surface area (Å²) in [5.74, 6) is 1.73. The Bertz CT molecular complexity index is 600. The van der Waals surface area contributed by atoms with Gasteiger partial charge in [0.2, 0.25) is 0 Å². The van der Waals surface area contributed by atoms with Gasteiger partial charge in [0.15, 0.2) is 6.29 Å². The van der Waals surface area contributed by atoms with Crippen molar-refractivity contribution in [2.45, 2.75) is 26.4 Å². The van der Waals surface area contributed by atoms with Crippen LogP contribution in [0, 0.1) is 0 Å². The summed E-state index contributed by atoms with van der Waals surface area (Å²) in [5.41, 5.74) is 2.87. The van der Waals surface area contributed by atoms with Crippen molar-refractivity contribution >= 4 is 6.29 Å². The van der Waals surface area contributed by atoms with E-state index in [1.54, 1.807) is 25.3 Å². The van der Waals surface area contributed by atoms with Crippen LogP contribution in [0.5, 0.6) is 11.5 Å². The highest BCUT2D eigenvalue weighted by molar-refractivity contribution is 5.80. The summed E-state index contributed by atoms with van der Waals surface area (Å²) in [6, 6.07) is 13.5. The number of ether oxygens (including phenoxy) is 2. The van der Waals surface area contributed by atoms with E-state index in [0.29, 0.717) is 29.6 Å². The van der Waals surface area contributed by atoms with Gasteiger partial charge in [-0.25, -0.2) is 0 Å². The lowest BCUT2D eigenvalue weighted by Gasteiger charge is -2.11. The first kappa shape index (κ1) is 15.1. The zero-order valence-corrected chi connectivity index (χ0v) is 12.6. The molecule has 2 aromatic rings. The van der Waals surface area contributed by atoms with Gasteiger partial charge in [0.25, 0.3) is 0 Å². The molecule has 0 aliphatic heterocycles. The Morgan fingerprint density at radius 3 is 2.38 bits per heavy atom. The summed E-state index contributed by atoms with van der Waals surface area (Å²) in [5, 5.41) is 0. The van der Waals surface area contributed by atoms with E-state index in [4.69, 9.17) is 9.47 Å². The van der Waals surface area contributed by atoms with E-state index in [1.807, 2.05) is 0 Å². The Kier molecular flexibility index (Phi) is 4.99. The summed E-state index contributed by atoms with van der Waals surface area (Å²) >= 11 is 0. The van der Waals surface area contributed by atoms with Crippen LogP contribution in [0.3, 0.4) is 0 Å². The molecule has 0 unspecified atom stereocenters. The highest BCUT2D eigenvalue weighted by Gasteiger charge is 2.06. The Morgan fingerprint density at radius 2 is 1.81 bits per heavy atom. The molecule has 0 aliphatic rings. The number of rotatable bonds is 6. The number of benzene rings is 2. The fraction of sp³-hybridized carbons (Fsp3) is 0.278. The van der Waals surface area contributed by atoms with Gasteiger partial charge in [0.05, 0.1) is 12.7 Å². The molecule has 2 rings (SSSR count). The van der Waals surface area contributed by atoms with E-state index >= 15 is 0 Å². The van der Waals surface area contributed by atoms with E-state index < -0.39 is 0 Å². The number of methoxy groups -OCH3 is 1. The highest BCUT2D eigenvalue weighted by atomic mass is 16.5. The third-order valence-electron chi connectivity index (χ3n) is 3.38. The van der Waals surface area contributed by atoms with Gasteiger partial charge >= 0.3 is 0 Å². The topological polar surface area (TPSA) is 35.5 Å². The summed E-state index contributed by atoms with van der Waals surface area (Å²) < 4.78 is 10.8. The van der Waals surface area contributed by atoms with Gasteiger partial charge in [-0.2, -0.15) is 0 Å². The molecule has 0 saturated heterocycles. The van der Waals surface area contributed by atoms with E-state index in [1.165, 1.54) is 5.56 Å². The summed E-state index contributed by atoms with van der Waals surface area (Å²) in [6.07, 6.45) is 0.777. The number of carbonyl (C=O) groups is 1. The molecule has 0 fully saturated rings. The van der Waals surface area contributed by atoms with Gasteiger partial charge in [-0.05, 0) is 35.2 Å². The van der Waals surface area contributed by atoms with Crippen molar-refractivity contribution < 1.29 is 14.3 Å². The maximum atomic E-state index is 11.1. The minimum absolute atomic E-state index is 0.436. The van der Waals surface area contributed by atoms with Crippen LogP contribution in [0.2, 0.25) is 0 Å². The molecule has 0 spiro atoms. The molecule has 0 atom stereocenters. The summed E-state index contributed by atoms with van der Waals surface area (Å²) in [7, 11) is 1.57. The van der Waals surface area contributed by atoms with E-state index in [9.17, 15) is 4.79 Å². The third-order valence-corrected chi connectivity index (χ3v) is 3.38. The minimum Gasteiger partial charge on any atom is -0.497 e. The van der Waals surface area contributed by atoms with Crippen molar-refractivity contribution in [3.63, 3.8) is 0 Å². The first-order chi connectivity index (χ1) is 10.1. The van der Waals surface area contributed by atoms with E-state index in [-0.39, 0.29) is 0 Å². The Labute approximate surface area is 125 Å². The van der Waals surface area contributed by atoms with Crippen molar-refractivity contribution in [1.29, 1.82) is 0 Å². The molecular weight excluding hydrogens is 264 g/mol. The maximum absolute atomic E-state index is 11.1.